The minimum absolute atomic E-state index is 0.131. The SMILES string of the molecule is CN1CCN(C)C(CN2CC(=O)N3CCCCC3C2=O)C1. The highest BCUT2D eigenvalue weighted by atomic mass is 16.2. The molecule has 3 rings (SSSR count). The molecule has 2 amide bonds. The van der Waals surface area contributed by atoms with Crippen LogP contribution in [0.3, 0.4) is 0 Å². The fourth-order valence-corrected chi connectivity index (χ4v) is 3.74. The van der Waals surface area contributed by atoms with Gasteiger partial charge in [-0.05, 0) is 33.4 Å². The summed E-state index contributed by atoms with van der Waals surface area (Å²) in [5.41, 5.74) is 0. The Morgan fingerprint density at radius 3 is 2.71 bits per heavy atom. The molecule has 0 aromatic heterocycles. The van der Waals surface area contributed by atoms with E-state index in [-0.39, 0.29) is 24.4 Å². The summed E-state index contributed by atoms with van der Waals surface area (Å²) >= 11 is 0. The second kappa shape index (κ2) is 5.93. The van der Waals surface area contributed by atoms with Crippen LogP contribution in [0, 0.1) is 0 Å². The molecule has 0 aromatic carbocycles. The summed E-state index contributed by atoms with van der Waals surface area (Å²) in [5.74, 6) is 0.294. The fourth-order valence-electron chi connectivity index (χ4n) is 3.74. The number of nitrogens with zero attached hydrogens (tertiary/aromatic N) is 4. The zero-order valence-corrected chi connectivity index (χ0v) is 13.1. The molecule has 3 aliphatic heterocycles. The number of carbonyl (C=O) groups is 2. The van der Waals surface area contributed by atoms with Crippen LogP contribution in [0.25, 0.3) is 0 Å². The van der Waals surface area contributed by atoms with E-state index in [0.29, 0.717) is 12.6 Å². The van der Waals surface area contributed by atoms with Gasteiger partial charge in [-0.3, -0.25) is 14.5 Å². The molecular formula is C15H26N4O2. The second-order valence-electron chi connectivity index (χ2n) is 6.71. The van der Waals surface area contributed by atoms with Crippen molar-refractivity contribution in [2.75, 3.05) is 53.4 Å². The van der Waals surface area contributed by atoms with Gasteiger partial charge in [0, 0.05) is 38.8 Å². The first-order valence-corrected chi connectivity index (χ1v) is 8.03. The Morgan fingerprint density at radius 1 is 1.10 bits per heavy atom. The molecule has 6 nitrogen and oxygen atoms in total. The number of likely N-dealkylation sites (N-methyl/N-ethyl adjacent to an activating group) is 2. The van der Waals surface area contributed by atoms with Gasteiger partial charge in [0.25, 0.3) is 0 Å². The van der Waals surface area contributed by atoms with Crippen molar-refractivity contribution in [1.82, 2.24) is 19.6 Å². The van der Waals surface area contributed by atoms with E-state index in [1.165, 1.54) is 0 Å². The summed E-state index contributed by atoms with van der Waals surface area (Å²) < 4.78 is 0. The van der Waals surface area contributed by atoms with Crippen LogP contribution in [0.4, 0.5) is 0 Å². The van der Waals surface area contributed by atoms with Crippen LogP contribution in [0.15, 0.2) is 0 Å². The smallest absolute Gasteiger partial charge is 0.245 e. The first-order chi connectivity index (χ1) is 10.1. The van der Waals surface area contributed by atoms with Gasteiger partial charge in [0.15, 0.2) is 0 Å². The zero-order chi connectivity index (χ0) is 15.0. The van der Waals surface area contributed by atoms with E-state index in [1.807, 2.05) is 0 Å². The maximum absolute atomic E-state index is 12.7. The zero-order valence-electron chi connectivity index (χ0n) is 13.1. The van der Waals surface area contributed by atoms with Crippen molar-refractivity contribution in [2.45, 2.75) is 31.3 Å². The van der Waals surface area contributed by atoms with Gasteiger partial charge in [-0.25, -0.2) is 0 Å². The predicted molar refractivity (Wildman–Crippen MR) is 79.8 cm³/mol. The molecule has 3 aliphatic rings. The summed E-state index contributed by atoms with van der Waals surface area (Å²) in [5, 5.41) is 0. The summed E-state index contributed by atoms with van der Waals surface area (Å²) in [6, 6.07) is 0.141. The van der Waals surface area contributed by atoms with Crippen LogP contribution in [-0.2, 0) is 9.59 Å². The van der Waals surface area contributed by atoms with Crippen LogP contribution in [0.5, 0.6) is 0 Å². The van der Waals surface area contributed by atoms with Gasteiger partial charge in [-0.1, -0.05) is 0 Å². The topological polar surface area (TPSA) is 47.1 Å². The van der Waals surface area contributed by atoms with Crippen LogP contribution >= 0.6 is 0 Å². The Bertz CT molecular complexity index is 428. The highest BCUT2D eigenvalue weighted by molar-refractivity contribution is 5.95. The molecule has 3 heterocycles. The number of hydrogen-bond donors (Lipinski definition) is 0. The minimum atomic E-state index is -0.188. The lowest BCUT2D eigenvalue weighted by molar-refractivity contribution is -0.158. The molecule has 21 heavy (non-hydrogen) atoms. The predicted octanol–water partition coefficient (Wildman–Crippen LogP) is -0.544. The van der Waals surface area contributed by atoms with Gasteiger partial charge in [-0.2, -0.15) is 0 Å². The van der Waals surface area contributed by atoms with Crippen molar-refractivity contribution in [3.8, 4) is 0 Å². The highest BCUT2D eigenvalue weighted by Gasteiger charge is 2.41. The summed E-state index contributed by atoms with van der Waals surface area (Å²) in [7, 11) is 4.23. The van der Waals surface area contributed by atoms with E-state index < -0.39 is 0 Å². The lowest BCUT2D eigenvalue weighted by Gasteiger charge is -2.45. The number of fused-ring (bicyclic) bond motifs is 1. The van der Waals surface area contributed by atoms with Gasteiger partial charge in [0.2, 0.25) is 11.8 Å². The monoisotopic (exact) mass is 294 g/mol. The molecule has 0 bridgehead atoms. The third kappa shape index (κ3) is 2.92. The Kier molecular flexibility index (Phi) is 4.17. The second-order valence-corrected chi connectivity index (χ2v) is 6.71. The van der Waals surface area contributed by atoms with E-state index in [1.54, 1.807) is 9.80 Å². The van der Waals surface area contributed by atoms with E-state index >= 15 is 0 Å². The number of hydrogen-bond acceptors (Lipinski definition) is 4. The third-order valence-corrected chi connectivity index (χ3v) is 5.16. The minimum Gasteiger partial charge on any atom is -0.330 e. The molecule has 0 radical (unpaired) electrons. The maximum Gasteiger partial charge on any atom is 0.245 e. The lowest BCUT2D eigenvalue weighted by atomic mass is 9.98. The van der Waals surface area contributed by atoms with Gasteiger partial charge in [0.05, 0.1) is 6.54 Å². The molecule has 0 N–H and O–H groups in total. The Morgan fingerprint density at radius 2 is 1.90 bits per heavy atom. The molecule has 0 aromatic rings. The average Bonchev–Trinajstić information content (AvgIpc) is 2.48. The molecule has 0 spiro atoms. The van der Waals surface area contributed by atoms with Gasteiger partial charge in [-0.15, -0.1) is 0 Å². The average molecular weight is 294 g/mol. The molecule has 6 heteroatoms. The van der Waals surface area contributed by atoms with Crippen molar-refractivity contribution >= 4 is 11.8 Å². The molecule has 3 fully saturated rings. The van der Waals surface area contributed by atoms with E-state index in [9.17, 15) is 9.59 Å². The lowest BCUT2D eigenvalue weighted by Crippen LogP contribution is -2.64. The normalized spacial score (nSPS) is 32.5. The van der Waals surface area contributed by atoms with Crippen molar-refractivity contribution in [2.24, 2.45) is 0 Å². The number of piperidine rings is 1. The molecule has 0 saturated carbocycles. The van der Waals surface area contributed by atoms with Crippen LogP contribution in [0.2, 0.25) is 0 Å². The quantitative estimate of drug-likeness (QED) is 0.686. The van der Waals surface area contributed by atoms with Crippen molar-refractivity contribution < 1.29 is 9.59 Å². The Balaban J connectivity index is 1.67. The first kappa shape index (κ1) is 14.8. The van der Waals surface area contributed by atoms with E-state index in [4.69, 9.17) is 0 Å². The van der Waals surface area contributed by atoms with Gasteiger partial charge in [0.1, 0.15) is 6.04 Å². The Labute approximate surface area is 126 Å². The third-order valence-electron chi connectivity index (χ3n) is 5.16. The molecule has 3 saturated heterocycles. The van der Waals surface area contributed by atoms with Crippen molar-refractivity contribution in [3.05, 3.63) is 0 Å². The Hall–Kier alpha value is -1.14. The summed E-state index contributed by atoms with van der Waals surface area (Å²) in [4.78, 5) is 33.2. The highest BCUT2D eigenvalue weighted by Crippen LogP contribution is 2.23. The van der Waals surface area contributed by atoms with E-state index in [0.717, 1.165) is 45.4 Å². The molecule has 0 aliphatic carbocycles. The summed E-state index contributed by atoms with van der Waals surface area (Å²) in [6.45, 7) is 4.75. The number of rotatable bonds is 2. The summed E-state index contributed by atoms with van der Waals surface area (Å²) in [6.07, 6.45) is 2.92. The van der Waals surface area contributed by atoms with E-state index in [2.05, 4.69) is 23.9 Å². The van der Waals surface area contributed by atoms with Crippen LogP contribution < -0.4 is 0 Å². The van der Waals surface area contributed by atoms with Crippen molar-refractivity contribution in [1.29, 1.82) is 0 Å². The molecular weight excluding hydrogens is 268 g/mol. The van der Waals surface area contributed by atoms with Crippen molar-refractivity contribution in [3.63, 3.8) is 0 Å². The largest absolute Gasteiger partial charge is 0.330 e. The van der Waals surface area contributed by atoms with Gasteiger partial charge >= 0.3 is 0 Å². The maximum atomic E-state index is 12.7. The first-order valence-electron chi connectivity index (χ1n) is 8.03. The molecule has 118 valence electrons. The molecule has 2 atom stereocenters. The standard InChI is InChI=1S/C15H26N4O2/c1-16-7-8-17(2)12(9-16)10-18-11-14(20)19-6-4-3-5-13(19)15(18)21/h12-13H,3-11H2,1-2H3. The van der Waals surface area contributed by atoms with Crippen LogP contribution in [-0.4, -0.2) is 96.9 Å². The van der Waals surface area contributed by atoms with Gasteiger partial charge < -0.3 is 14.7 Å². The molecule has 2 unspecified atom stereocenters. The number of piperazine rings is 2. The van der Waals surface area contributed by atoms with Crippen LogP contribution in [0.1, 0.15) is 19.3 Å². The fraction of sp³-hybridized carbons (Fsp3) is 0.867. The number of amides is 2. The number of carbonyl (C=O) groups excluding carboxylic acids is 2.